The first kappa shape index (κ1) is 28.3. The van der Waals surface area contributed by atoms with E-state index in [2.05, 4.69) is 10.3 Å². The topological polar surface area (TPSA) is 89.5 Å². The number of methoxy groups -OCH3 is 1. The quantitative estimate of drug-likeness (QED) is 0.308. The van der Waals surface area contributed by atoms with Crippen LogP contribution in [0.2, 0.25) is 0 Å². The number of carbonyl (C=O) groups excluding carboxylic acids is 2. The number of ether oxygens (including phenoxy) is 3. The Hall–Kier alpha value is -4.24. The summed E-state index contributed by atoms with van der Waals surface area (Å²) in [5, 5.41) is 3.33. The van der Waals surface area contributed by atoms with Crippen molar-refractivity contribution in [3.63, 3.8) is 0 Å². The average molecular weight is 572 g/mol. The molecule has 2 aliphatic heterocycles. The molecule has 0 unspecified atom stereocenters. The predicted octanol–water partition coefficient (Wildman–Crippen LogP) is 6.19. The first-order chi connectivity index (χ1) is 20.0. The zero-order valence-corrected chi connectivity index (χ0v) is 24.0. The fourth-order valence-electron chi connectivity index (χ4n) is 4.61. The fourth-order valence-corrected chi connectivity index (χ4v) is 5.45. The van der Waals surface area contributed by atoms with Crippen molar-refractivity contribution in [3.8, 4) is 17.2 Å². The van der Waals surface area contributed by atoms with E-state index in [9.17, 15) is 9.59 Å². The van der Waals surface area contributed by atoms with Crippen molar-refractivity contribution in [2.24, 2.45) is 4.99 Å². The van der Waals surface area contributed by atoms with Gasteiger partial charge in [-0.15, -0.1) is 0 Å². The summed E-state index contributed by atoms with van der Waals surface area (Å²) < 4.78 is 17.1. The molecule has 212 valence electrons. The van der Waals surface area contributed by atoms with Gasteiger partial charge in [-0.1, -0.05) is 18.2 Å². The number of carbonyl (C=O) groups is 2. The lowest BCUT2D eigenvalue weighted by molar-refractivity contribution is -0.115. The van der Waals surface area contributed by atoms with Gasteiger partial charge in [0.1, 0.15) is 12.4 Å². The molecule has 9 heteroatoms. The number of benzene rings is 3. The Bertz CT molecular complexity index is 1450. The number of amides is 2. The van der Waals surface area contributed by atoms with Gasteiger partial charge in [0.05, 0.1) is 24.3 Å². The number of nitrogens with one attached hydrogen (secondary N) is 1. The van der Waals surface area contributed by atoms with Gasteiger partial charge in [-0.2, -0.15) is 0 Å². The summed E-state index contributed by atoms with van der Waals surface area (Å²) in [4.78, 5) is 32.3. The molecule has 0 atom stereocenters. The third-order valence-corrected chi connectivity index (χ3v) is 7.66. The standard InChI is InChI=1S/C32H33N3O5S/c1-3-39-26-14-12-25(13-15-26)33-32-34-30(36)29(41-32)20-23-9-16-27(28(19-23)38-2)40-21-22-7-10-24(11-8-22)31(37)35-17-5-4-6-18-35/h7-16,19-20H,3-6,17-18,21H2,1-2H3,(H,33,34,36)/b29-20-. The summed E-state index contributed by atoms with van der Waals surface area (Å²) >= 11 is 1.28. The Morgan fingerprint density at radius 1 is 0.976 bits per heavy atom. The number of piperidine rings is 1. The fraction of sp³-hybridized carbons (Fsp3) is 0.281. The van der Waals surface area contributed by atoms with Crippen LogP contribution in [-0.4, -0.2) is 48.7 Å². The molecule has 0 spiro atoms. The maximum absolute atomic E-state index is 12.7. The molecule has 5 rings (SSSR count). The van der Waals surface area contributed by atoms with Crippen LogP contribution in [0.5, 0.6) is 17.2 Å². The number of nitrogens with zero attached hydrogens (tertiary/aromatic N) is 2. The minimum absolute atomic E-state index is 0.0900. The highest BCUT2D eigenvalue weighted by molar-refractivity contribution is 8.18. The van der Waals surface area contributed by atoms with E-state index in [4.69, 9.17) is 14.2 Å². The highest BCUT2D eigenvalue weighted by Crippen LogP contribution is 2.33. The molecule has 2 heterocycles. The first-order valence-corrected chi connectivity index (χ1v) is 14.6. The van der Waals surface area contributed by atoms with Crippen LogP contribution >= 0.6 is 11.8 Å². The summed E-state index contributed by atoms with van der Waals surface area (Å²) in [7, 11) is 1.58. The van der Waals surface area contributed by atoms with Gasteiger partial charge in [0.25, 0.3) is 11.8 Å². The molecule has 41 heavy (non-hydrogen) atoms. The molecular formula is C32H33N3O5S. The van der Waals surface area contributed by atoms with Gasteiger partial charge in [0.2, 0.25) is 0 Å². The molecule has 3 aromatic carbocycles. The van der Waals surface area contributed by atoms with Crippen molar-refractivity contribution < 1.29 is 23.8 Å². The minimum atomic E-state index is -0.207. The minimum Gasteiger partial charge on any atom is -0.494 e. The molecule has 0 bridgehead atoms. The van der Waals surface area contributed by atoms with E-state index in [1.54, 1.807) is 13.2 Å². The second-order valence-electron chi connectivity index (χ2n) is 9.66. The predicted molar refractivity (Wildman–Crippen MR) is 162 cm³/mol. The summed E-state index contributed by atoms with van der Waals surface area (Å²) in [6.45, 7) is 4.53. The summed E-state index contributed by atoms with van der Waals surface area (Å²) in [6, 6.07) is 20.5. The molecular weight excluding hydrogens is 538 g/mol. The monoisotopic (exact) mass is 571 g/mol. The van der Waals surface area contributed by atoms with E-state index in [0.29, 0.717) is 40.3 Å². The molecule has 2 aliphatic rings. The molecule has 2 saturated heterocycles. The van der Waals surface area contributed by atoms with Crippen LogP contribution in [0.25, 0.3) is 6.08 Å². The maximum atomic E-state index is 12.7. The third kappa shape index (κ3) is 7.29. The van der Waals surface area contributed by atoms with Crippen molar-refractivity contribution in [3.05, 3.63) is 88.3 Å². The number of likely N-dealkylation sites (tertiary alicyclic amines) is 1. The zero-order valence-electron chi connectivity index (χ0n) is 23.2. The Morgan fingerprint density at radius 3 is 2.44 bits per heavy atom. The first-order valence-electron chi connectivity index (χ1n) is 13.7. The summed E-state index contributed by atoms with van der Waals surface area (Å²) in [5.74, 6) is 1.81. The zero-order chi connectivity index (χ0) is 28.6. The maximum Gasteiger partial charge on any atom is 0.264 e. The molecule has 2 amide bonds. The van der Waals surface area contributed by atoms with Crippen molar-refractivity contribution in [2.45, 2.75) is 32.8 Å². The van der Waals surface area contributed by atoms with E-state index < -0.39 is 0 Å². The van der Waals surface area contributed by atoms with Gasteiger partial charge in [0.15, 0.2) is 16.7 Å². The van der Waals surface area contributed by atoms with E-state index in [0.717, 1.165) is 48.5 Å². The molecule has 3 aromatic rings. The van der Waals surface area contributed by atoms with Crippen LogP contribution in [0.15, 0.2) is 76.6 Å². The van der Waals surface area contributed by atoms with E-state index in [-0.39, 0.29) is 11.8 Å². The van der Waals surface area contributed by atoms with Gasteiger partial charge in [0, 0.05) is 18.7 Å². The van der Waals surface area contributed by atoms with E-state index >= 15 is 0 Å². The lowest BCUT2D eigenvalue weighted by Crippen LogP contribution is -2.35. The molecule has 0 aliphatic carbocycles. The lowest BCUT2D eigenvalue weighted by atomic mass is 10.1. The van der Waals surface area contributed by atoms with Crippen LogP contribution in [0.3, 0.4) is 0 Å². The molecule has 8 nitrogen and oxygen atoms in total. The second kappa shape index (κ2) is 13.4. The van der Waals surface area contributed by atoms with E-state index in [1.807, 2.05) is 78.6 Å². The molecule has 0 radical (unpaired) electrons. The molecule has 2 fully saturated rings. The Kier molecular flexibility index (Phi) is 9.26. The van der Waals surface area contributed by atoms with Gasteiger partial charge < -0.3 is 24.4 Å². The Labute approximate surface area is 244 Å². The third-order valence-electron chi connectivity index (χ3n) is 6.75. The number of aliphatic imine (C=N–C) groups is 1. The highest BCUT2D eigenvalue weighted by Gasteiger charge is 2.24. The van der Waals surface area contributed by atoms with Gasteiger partial charge >= 0.3 is 0 Å². The van der Waals surface area contributed by atoms with Crippen LogP contribution in [-0.2, 0) is 11.4 Å². The van der Waals surface area contributed by atoms with Crippen molar-refractivity contribution in [1.82, 2.24) is 10.2 Å². The summed E-state index contributed by atoms with van der Waals surface area (Å²) in [5.41, 5.74) is 3.18. The average Bonchev–Trinajstić information content (AvgIpc) is 3.35. The van der Waals surface area contributed by atoms with Crippen molar-refractivity contribution in [1.29, 1.82) is 0 Å². The van der Waals surface area contributed by atoms with Crippen molar-refractivity contribution in [2.75, 3.05) is 26.8 Å². The largest absolute Gasteiger partial charge is 0.494 e. The number of hydrogen-bond acceptors (Lipinski definition) is 7. The second-order valence-corrected chi connectivity index (χ2v) is 10.7. The van der Waals surface area contributed by atoms with Gasteiger partial charge in [-0.3, -0.25) is 9.59 Å². The number of amidine groups is 1. The van der Waals surface area contributed by atoms with Crippen molar-refractivity contribution >= 4 is 40.5 Å². The Morgan fingerprint density at radius 2 is 1.73 bits per heavy atom. The lowest BCUT2D eigenvalue weighted by Gasteiger charge is -2.26. The number of rotatable bonds is 9. The number of hydrogen-bond donors (Lipinski definition) is 1. The van der Waals surface area contributed by atoms with Crippen LogP contribution in [0.1, 0.15) is 47.7 Å². The summed E-state index contributed by atoms with van der Waals surface area (Å²) in [6.07, 6.45) is 5.13. The van der Waals surface area contributed by atoms with Crippen LogP contribution in [0.4, 0.5) is 5.69 Å². The molecule has 0 aromatic heterocycles. The smallest absolute Gasteiger partial charge is 0.264 e. The van der Waals surface area contributed by atoms with Gasteiger partial charge in [-0.25, -0.2) is 4.99 Å². The Balaban J connectivity index is 1.21. The molecule has 1 N–H and O–H groups in total. The molecule has 0 saturated carbocycles. The normalized spacial score (nSPS) is 17.0. The highest BCUT2D eigenvalue weighted by atomic mass is 32.2. The number of thioether (sulfide) groups is 1. The SMILES string of the molecule is CCOc1ccc(N=C2NC(=O)/C(=C/c3ccc(OCc4ccc(C(=O)N5CCCCC5)cc4)c(OC)c3)S2)cc1. The van der Waals surface area contributed by atoms with Crippen LogP contribution < -0.4 is 19.5 Å². The van der Waals surface area contributed by atoms with Crippen LogP contribution in [0, 0.1) is 0 Å². The van der Waals surface area contributed by atoms with E-state index in [1.165, 1.54) is 18.2 Å². The van der Waals surface area contributed by atoms with Gasteiger partial charge in [-0.05, 0) is 104 Å².